The molecule has 0 unspecified atom stereocenters. The fraction of sp³-hybridized carbons (Fsp3) is 0.261. The summed E-state index contributed by atoms with van der Waals surface area (Å²) in [5, 5.41) is 8.00. The van der Waals surface area contributed by atoms with Crippen molar-refractivity contribution in [3.63, 3.8) is 0 Å². The van der Waals surface area contributed by atoms with Crippen molar-refractivity contribution in [2.24, 2.45) is 0 Å². The zero-order chi connectivity index (χ0) is 21.3. The number of benzene rings is 2. The van der Waals surface area contributed by atoms with Gasteiger partial charge in [0.25, 0.3) is 5.91 Å². The van der Waals surface area contributed by atoms with Gasteiger partial charge in [-0.2, -0.15) is 0 Å². The minimum atomic E-state index is -0.209. The first-order valence-corrected chi connectivity index (χ1v) is 10.7. The van der Waals surface area contributed by atoms with E-state index in [1.54, 1.807) is 17.5 Å². The first-order chi connectivity index (χ1) is 14.5. The molecular weight excluding hydrogens is 396 g/mol. The second kappa shape index (κ2) is 10.5. The highest BCUT2D eigenvalue weighted by atomic mass is 32.1. The van der Waals surface area contributed by atoms with E-state index in [0.717, 1.165) is 12.8 Å². The number of aromatic nitrogens is 1. The monoisotopic (exact) mass is 422 g/mol. The highest BCUT2D eigenvalue weighted by molar-refractivity contribution is 7.14. The number of rotatable bonds is 9. The number of hydrogen-bond donors (Lipinski definition) is 2. The Morgan fingerprint density at radius 2 is 1.77 bits per heavy atom. The lowest BCUT2D eigenvalue weighted by Gasteiger charge is -2.12. The van der Waals surface area contributed by atoms with Gasteiger partial charge in [-0.3, -0.25) is 14.9 Å². The van der Waals surface area contributed by atoms with Gasteiger partial charge in [-0.05, 0) is 42.7 Å². The van der Waals surface area contributed by atoms with Crippen molar-refractivity contribution >= 4 is 34.0 Å². The molecule has 6 nitrogen and oxygen atoms in total. The Hall–Kier alpha value is -3.19. The molecule has 0 fully saturated rings. The van der Waals surface area contributed by atoms with Crippen LogP contribution < -0.4 is 15.5 Å². The van der Waals surface area contributed by atoms with Crippen LogP contribution in [0, 0.1) is 0 Å². The summed E-state index contributed by atoms with van der Waals surface area (Å²) in [5.41, 5.74) is 3.66. The van der Waals surface area contributed by atoms with Crippen LogP contribution in [0.15, 0.2) is 60.0 Å². The average Bonchev–Trinajstić information content (AvgIpc) is 3.18. The predicted octanol–water partition coefficient (Wildman–Crippen LogP) is 3.75. The van der Waals surface area contributed by atoms with Gasteiger partial charge in [0.05, 0.1) is 12.1 Å². The molecule has 0 saturated carbocycles. The van der Waals surface area contributed by atoms with Gasteiger partial charge in [-0.25, -0.2) is 4.98 Å². The van der Waals surface area contributed by atoms with Gasteiger partial charge >= 0.3 is 0 Å². The van der Waals surface area contributed by atoms with Crippen LogP contribution in [0.3, 0.4) is 0 Å². The summed E-state index contributed by atoms with van der Waals surface area (Å²) in [7, 11) is 4.04. The number of aryl methyl sites for hydroxylation is 1. The lowest BCUT2D eigenvalue weighted by molar-refractivity contribution is -0.120. The van der Waals surface area contributed by atoms with Gasteiger partial charge in [0.1, 0.15) is 0 Å². The van der Waals surface area contributed by atoms with Crippen LogP contribution in [0.5, 0.6) is 0 Å². The third-order valence-electron chi connectivity index (χ3n) is 4.57. The molecule has 0 radical (unpaired) electrons. The Balaban J connectivity index is 1.38. The number of anilines is 2. The molecular formula is C23H26N4O2S. The fourth-order valence-electron chi connectivity index (χ4n) is 2.91. The van der Waals surface area contributed by atoms with Crippen LogP contribution in [-0.2, 0) is 17.6 Å². The van der Waals surface area contributed by atoms with Gasteiger partial charge in [0.15, 0.2) is 5.13 Å². The summed E-state index contributed by atoms with van der Waals surface area (Å²) in [5.74, 6) is -0.274. The molecule has 0 aliphatic carbocycles. The summed E-state index contributed by atoms with van der Waals surface area (Å²) in [6, 6.07) is 17.4. The molecule has 2 aromatic carbocycles. The highest BCUT2D eigenvalue weighted by Crippen LogP contribution is 2.17. The lowest BCUT2D eigenvalue weighted by atomic mass is 10.1. The standard InChI is InChI=1S/C23H26N4O2S/c1-27(2)20-12-10-17(11-13-20)7-6-14-24-21(28)15-19-16-30-23(25-19)26-22(29)18-8-4-3-5-9-18/h3-5,8-13,16H,6-7,14-15H2,1-2H3,(H,24,28)(H,25,26,29). The molecule has 0 aliphatic heterocycles. The number of carbonyl (C=O) groups is 2. The van der Waals surface area contributed by atoms with Crippen molar-refractivity contribution in [1.82, 2.24) is 10.3 Å². The maximum absolute atomic E-state index is 12.2. The predicted molar refractivity (Wildman–Crippen MR) is 122 cm³/mol. The largest absolute Gasteiger partial charge is 0.378 e. The maximum atomic E-state index is 12.2. The van der Waals surface area contributed by atoms with Gasteiger partial charge in [0.2, 0.25) is 5.91 Å². The smallest absolute Gasteiger partial charge is 0.257 e. The summed E-state index contributed by atoms with van der Waals surface area (Å²) in [6.45, 7) is 0.621. The molecule has 0 bridgehead atoms. The zero-order valence-corrected chi connectivity index (χ0v) is 18.0. The average molecular weight is 423 g/mol. The van der Waals surface area contributed by atoms with Crippen molar-refractivity contribution in [2.75, 3.05) is 30.9 Å². The Morgan fingerprint density at radius 1 is 1.03 bits per heavy atom. The zero-order valence-electron chi connectivity index (χ0n) is 17.2. The van der Waals surface area contributed by atoms with Gasteiger partial charge in [-0.15, -0.1) is 11.3 Å². The van der Waals surface area contributed by atoms with E-state index in [4.69, 9.17) is 0 Å². The van der Waals surface area contributed by atoms with E-state index in [0.29, 0.717) is 22.9 Å². The quantitative estimate of drug-likeness (QED) is 0.515. The van der Waals surface area contributed by atoms with Crippen LogP contribution in [-0.4, -0.2) is 37.4 Å². The normalized spacial score (nSPS) is 10.5. The number of nitrogens with zero attached hydrogens (tertiary/aromatic N) is 2. The number of carbonyl (C=O) groups excluding carboxylic acids is 2. The van der Waals surface area contributed by atoms with Gasteiger partial charge < -0.3 is 10.2 Å². The summed E-state index contributed by atoms with van der Waals surface area (Å²) < 4.78 is 0. The van der Waals surface area contributed by atoms with Crippen molar-refractivity contribution in [2.45, 2.75) is 19.3 Å². The third kappa shape index (κ3) is 6.42. The lowest BCUT2D eigenvalue weighted by Crippen LogP contribution is -2.26. The van der Waals surface area contributed by atoms with Crippen LogP contribution in [0.2, 0.25) is 0 Å². The van der Waals surface area contributed by atoms with E-state index in [1.165, 1.54) is 22.6 Å². The molecule has 2 amide bonds. The van der Waals surface area contributed by atoms with E-state index in [1.807, 2.05) is 32.3 Å². The Kier molecular flexibility index (Phi) is 7.57. The minimum Gasteiger partial charge on any atom is -0.378 e. The van der Waals surface area contributed by atoms with Crippen LogP contribution in [0.25, 0.3) is 0 Å². The topological polar surface area (TPSA) is 74.3 Å². The van der Waals surface area contributed by atoms with Gasteiger partial charge in [-0.1, -0.05) is 30.3 Å². The number of amides is 2. The second-order valence-corrected chi connectivity index (χ2v) is 8.01. The number of thiazole rings is 1. The van der Waals surface area contributed by atoms with Crippen molar-refractivity contribution in [1.29, 1.82) is 0 Å². The summed E-state index contributed by atoms with van der Waals surface area (Å²) in [6.07, 6.45) is 2.00. The first kappa shape index (κ1) is 21.5. The third-order valence-corrected chi connectivity index (χ3v) is 5.37. The summed E-state index contributed by atoms with van der Waals surface area (Å²) >= 11 is 1.32. The Labute approximate surface area is 181 Å². The molecule has 0 aliphatic rings. The first-order valence-electron chi connectivity index (χ1n) is 9.85. The molecule has 1 aromatic heterocycles. The molecule has 1 heterocycles. The van der Waals surface area contributed by atoms with E-state index in [9.17, 15) is 9.59 Å². The highest BCUT2D eigenvalue weighted by Gasteiger charge is 2.11. The van der Waals surface area contributed by atoms with Crippen LogP contribution in [0.1, 0.15) is 28.0 Å². The molecule has 156 valence electrons. The van der Waals surface area contributed by atoms with Gasteiger partial charge in [0, 0.05) is 37.3 Å². The number of nitrogens with one attached hydrogen (secondary N) is 2. The molecule has 0 spiro atoms. The van der Waals surface area contributed by atoms with Crippen molar-refractivity contribution in [3.8, 4) is 0 Å². The molecule has 2 N–H and O–H groups in total. The van der Waals surface area contributed by atoms with E-state index >= 15 is 0 Å². The second-order valence-electron chi connectivity index (χ2n) is 7.16. The molecule has 0 atom stereocenters. The molecule has 0 saturated heterocycles. The molecule has 3 aromatic rings. The van der Waals surface area contributed by atoms with E-state index in [-0.39, 0.29) is 18.2 Å². The fourth-order valence-corrected chi connectivity index (χ4v) is 3.62. The van der Waals surface area contributed by atoms with Crippen LogP contribution in [0.4, 0.5) is 10.8 Å². The molecule has 30 heavy (non-hydrogen) atoms. The summed E-state index contributed by atoms with van der Waals surface area (Å²) in [4.78, 5) is 30.7. The molecule has 7 heteroatoms. The van der Waals surface area contributed by atoms with Crippen LogP contribution >= 0.6 is 11.3 Å². The molecule has 3 rings (SSSR count). The Morgan fingerprint density at radius 3 is 2.47 bits per heavy atom. The maximum Gasteiger partial charge on any atom is 0.257 e. The van der Waals surface area contributed by atoms with E-state index in [2.05, 4.69) is 44.8 Å². The Bertz CT molecular complexity index is 968. The van der Waals surface area contributed by atoms with Crippen molar-refractivity contribution in [3.05, 3.63) is 76.8 Å². The SMILES string of the molecule is CN(C)c1ccc(CCCNC(=O)Cc2csc(NC(=O)c3ccccc3)n2)cc1. The number of hydrogen-bond acceptors (Lipinski definition) is 5. The minimum absolute atomic E-state index is 0.0656. The van der Waals surface area contributed by atoms with Crippen molar-refractivity contribution < 1.29 is 9.59 Å². The van der Waals surface area contributed by atoms with E-state index < -0.39 is 0 Å².